The fourth-order valence-electron chi connectivity index (χ4n) is 2.09. The maximum atomic E-state index is 12.0. The molecular weight excluding hydrogens is 250 g/mol. The van der Waals surface area contributed by atoms with Crippen LogP contribution in [0.2, 0.25) is 0 Å². The second kappa shape index (κ2) is 6.87. The first-order valence-electron chi connectivity index (χ1n) is 6.74. The molecule has 0 fully saturated rings. The van der Waals surface area contributed by atoms with Crippen LogP contribution in [0.3, 0.4) is 0 Å². The van der Waals surface area contributed by atoms with Crippen molar-refractivity contribution < 1.29 is 9.90 Å². The zero-order chi connectivity index (χ0) is 14.4. The number of carbonyl (C=O) groups excluding carboxylic acids is 1. The lowest BCUT2D eigenvalue weighted by molar-refractivity contribution is 0.0987. The quantitative estimate of drug-likeness (QED) is 0.793. The van der Waals surface area contributed by atoms with Crippen LogP contribution < -0.4 is 5.32 Å². The Hall–Kier alpha value is -2.13. The van der Waals surface area contributed by atoms with Gasteiger partial charge in [-0.1, -0.05) is 42.5 Å². The van der Waals surface area contributed by atoms with E-state index in [1.807, 2.05) is 18.2 Å². The van der Waals surface area contributed by atoms with Crippen molar-refractivity contribution in [3.05, 3.63) is 65.7 Å². The Balaban J connectivity index is 1.84. The van der Waals surface area contributed by atoms with Crippen molar-refractivity contribution >= 4 is 5.78 Å². The smallest absolute Gasteiger partial charge is 0.176 e. The minimum absolute atomic E-state index is 0.0131. The lowest BCUT2D eigenvalue weighted by Gasteiger charge is -2.13. The van der Waals surface area contributed by atoms with Gasteiger partial charge >= 0.3 is 0 Å². The van der Waals surface area contributed by atoms with E-state index in [-0.39, 0.29) is 24.1 Å². The molecule has 2 aromatic carbocycles. The van der Waals surface area contributed by atoms with Crippen molar-refractivity contribution in [3.8, 4) is 5.75 Å². The monoisotopic (exact) mass is 269 g/mol. The molecule has 20 heavy (non-hydrogen) atoms. The van der Waals surface area contributed by atoms with Crippen molar-refractivity contribution in [2.24, 2.45) is 0 Å². The van der Waals surface area contributed by atoms with E-state index in [0.717, 1.165) is 6.42 Å². The maximum Gasteiger partial charge on any atom is 0.176 e. The fraction of sp³-hybridized carbons (Fsp3) is 0.235. The molecule has 2 aromatic rings. The van der Waals surface area contributed by atoms with Gasteiger partial charge in [0.05, 0.1) is 6.54 Å². The van der Waals surface area contributed by atoms with Gasteiger partial charge in [0.2, 0.25) is 0 Å². The van der Waals surface area contributed by atoms with Crippen LogP contribution in [0.5, 0.6) is 5.75 Å². The number of rotatable bonds is 6. The summed E-state index contributed by atoms with van der Waals surface area (Å²) in [6.07, 6.45) is 0.883. The van der Waals surface area contributed by atoms with Gasteiger partial charge in [0.15, 0.2) is 5.78 Å². The SMILES string of the molecule is CC(Cc1ccccc1)NCC(=O)c1cccc(O)c1. The van der Waals surface area contributed by atoms with E-state index in [1.54, 1.807) is 18.2 Å². The minimum Gasteiger partial charge on any atom is -0.508 e. The molecule has 0 aliphatic heterocycles. The van der Waals surface area contributed by atoms with Gasteiger partial charge in [-0.25, -0.2) is 0 Å². The van der Waals surface area contributed by atoms with Gasteiger partial charge < -0.3 is 10.4 Å². The first-order valence-corrected chi connectivity index (χ1v) is 6.74. The Labute approximate surface area is 119 Å². The number of aromatic hydroxyl groups is 1. The number of Topliss-reactive ketones (excluding diaryl/α,β-unsaturated/α-hetero) is 1. The van der Waals surface area contributed by atoms with Crippen molar-refractivity contribution in [2.45, 2.75) is 19.4 Å². The third kappa shape index (κ3) is 4.21. The number of hydrogen-bond donors (Lipinski definition) is 2. The molecule has 0 aromatic heterocycles. The van der Waals surface area contributed by atoms with Gasteiger partial charge in [-0.3, -0.25) is 4.79 Å². The summed E-state index contributed by atoms with van der Waals surface area (Å²) in [5, 5.41) is 12.6. The molecule has 0 saturated heterocycles. The normalized spacial score (nSPS) is 12.1. The summed E-state index contributed by atoms with van der Waals surface area (Å²) < 4.78 is 0. The highest BCUT2D eigenvalue weighted by atomic mass is 16.3. The van der Waals surface area contributed by atoms with E-state index in [9.17, 15) is 9.90 Å². The highest BCUT2D eigenvalue weighted by Gasteiger charge is 2.09. The summed E-state index contributed by atoms with van der Waals surface area (Å²) in [5.41, 5.74) is 1.78. The first-order chi connectivity index (χ1) is 9.65. The minimum atomic E-state index is -0.0131. The van der Waals surface area contributed by atoms with E-state index in [4.69, 9.17) is 0 Å². The standard InChI is InChI=1S/C17H19NO2/c1-13(10-14-6-3-2-4-7-14)18-12-17(20)15-8-5-9-16(19)11-15/h2-9,11,13,18-19H,10,12H2,1H3. The number of hydrogen-bond acceptors (Lipinski definition) is 3. The second-order valence-corrected chi connectivity index (χ2v) is 4.95. The summed E-state index contributed by atoms with van der Waals surface area (Å²) >= 11 is 0. The van der Waals surface area contributed by atoms with Crippen LogP contribution in [-0.2, 0) is 6.42 Å². The third-order valence-corrected chi connectivity index (χ3v) is 3.16. The molecule has 1 atom stereocenters. The Morgan fingerprint density at radius 2 is 1.90 bits per heavy atom. The molecule has 0 spiro atoms. The summed E-state index contributed by atoms with van der Waals surface area (Å²) in [6, 6.07) is 16.8. The number of nitrogens with one attached hydrogen (secondary N) is 1. The van der Waals surface area contributed by atoms with Gasteiger partial charge in [0.25, 0.3) is 0 Å². The molecule has 0 aliphatic carbocycles. The van der Waals surface area contributed by atoms with Gasteiger partial charge in [-0.05, 0) is 31.0 Å². The first kappa shape index (κ1) is 14.3. The van der Waals surface area contributed by atoms with Gasteiger partial charge in [-0.2, -0.15) is 0 Å². The Morgan fingerprint density at radius 3 is 2.60 bits per heavy atom. The van der Waals surface area contributed by atoms with E-state index >= 15 is 0 Å². The summed E-state index contributed by atoms with van der Waals surface area (Å²) in [7, 11) is 0. The average molecular weight is 269 g/mol. The molecule has 0 amide bonds. The van der Waals surface area contributed by atoms with Gasteiger partial charge in [0.1, 0.15) is 5.75 Å². The van der Waals surface area contributed by atoms with Crippen LogP contribution in [0.15, 0.2) is 54.6 Å². The fourth-order valence-corrected chi connectivity index (χ4v) is 2.09. The van der Waals surface area contributed by atoms with Crippen LogP contribution in [-0.4, -0.2) is 23.5 Å². The van der Waals surface area contributed by atoms with Crippen molar-refractivity contribution in [1.29, 1.82) is 0 Å². The number of phenols is 1. The second-order valence-electron chi connectivity index (χ2n) is 4.95. The zero-order valence-corrected chi connectivity index (χ0v) is 11.5. The Kier molecular flexibility index (Phi) is 4.91. The van der Waals surface area contributed by atoms with E-state index in [0.29, 0.717) is 5.56 Å². The zero-order valence-electron chi connectivity index (χ0n) is 11.5. The molecular formula is C17H19NO2. The molecule has 0 saturated carbocycles. The molecule has 0 radical (unpaired) electrons. The largest absolute Gasteiger partial charge is 0.508 e. The predicted molar refractivity (Wildman–Crippen MR) is 80.0 cm³/mol. The number of carbonyl (C=O) groups is 1. The van der Waals surface area contributed by atoms with Crippen LogP contribution in [0.25, 0.3) is 0 Å². The van der Waals surface area contributed by atoms with Crippen molar-refractivity contribution in [3.63, 3.8) is 0 Å². The lowest BCUT2D eigenvalue weighted by atomic mass is 10.1. The van der Waals surface area contributed by atoms with Crippen LogP contribution >= 0.6 is 0 Å². The third-order valence-electron chi connectivity index (χ3n) is 3.16. The summed E-state index contributed by atoms with van der Waals surface area (Å²) in [6.45, 7) is 2.33. The van der Waals surface area contributed by atoms with Crippen molar-refractivity contribution in [2.75, 3.05) is 6.54 Å². The molecule has 2 N–H and O–H groups in total. The predicted octanol–water partition coefficient (Wildman–Crippen LogP) is 2.80. The maximum absolute atomic E-state index is 12.0. The van der Waals surface area contributed by atoms with E-state index in [2.05, 4.69) is 24.4 Å². The van der Waals surface area contributed by atoms with E-state index in [1.165, 1.54) is 11.6 Å². The summed E-state index contributed by atoms with van der Waals surface area (Å²) in [4.78, 5) is 12.0. The Morgan fingerprint density at radius 1 is 1.15 bits per heavy atom. The highest BCUT2D eigenvalue weighted by molar-refractivity contribution is 5.97. The van der Waals surface area contributed by atoms with Crippen molar-refractivity contribution in [1.82, 2.24) is 5.32 Å². The molecule has 3 nitrogen and oxygen atoms in total. The van der Waals surface area contributed by atoms with Crippen LogP contribution in [0, 0.1) is 0 Å². The molecule has 1 unspecified atom stereocenters. The molecule has 2 rings (SSSR count). The number of benzene rings is 2. The van der Waals surface area contributed by atoms with Gasteiger partial charge in [0, 0.05) is 11.6 Å². The molecule has 104 valence electrons. The van der Waals surface area contributed by atoms with Crippen LogP contribution in [0.1, 0.15) is 22.8 Å². The topological polar surface area (TPSA) is 49.3 Å². The van der Waals surface area contributed by atoms with E-state index < -0.39 is 0 Å². The molecule has 0 bridgehead atoms. The van der Waals surface area contributed by atoms with Crippen LogP contribution in [0.4, 0.5) is 0 Å². The average Bonchev–Trinajstić information content (AvgIpc) is 2.46. The molecule has 3 heteroatoms. The molecule has 0 heterocycles. The number of ketones is 1. The Bertz CT molecular complexity index is 566. The number of phenolic OH excluding ortho intramolecular Hbond substituents is 1. The highest BCUT2D eigenvalue weighted by Crippen LogP contribution is 2.11. The summed E-state index contributed by atoms with van der Waals surface area (Å²) in [5.74, 6) is 0.106. The van der Waals surface area contributed by atoms with Gasteiger partial charge in [-0.15, -0.1) is 0 Å². The lowest BCUT2D eigenvalue weighted by Crippen LogP contribution is -2.33. The molecule has 0 aliphatic rings.